The van der Waals surface area contributed by atoms with Gasteiger partial charge in [-0.15, -0.1) is 0 Å². The quantitative estimate of drug-likeness (QED) is 0.332. The number of carbonyl (C=O) groups is 2. The number of alkyl halides is 3. The molecule has 0 saturated carbocycles. The third-order valence-electron chi connectivity index (χ3n) is 8.90. The van der Waals surface area contributed by atoms with E-state index >= 15 is 8.78 Å². The minimum Gasteiger partial charge on any atom is -0.497 e. The van der Waals surface area contributed by atoms with Gasteiger partial charge in [-0.1, -0.05) is 19.9 Å². The Morgan fingerprint density at radius 3 is 2.31 bits per heavy atom. The van der Waals surface area contributed by atoms with Gasteiger partial charge in [0.2, 0.25) is 0 Å². The first-order chi connectivity index (χ1) is 21.2. The van der Waals surface area contributed by atoms with E-state index in [9.17, 15) is 22.8 Å². The van der Waals surface area contributed by atoms with Crippen LogP contribution in [-0.2, 0) is 22.8 Å². The summed E-state index contributed by atoms with van der Waals surface area (Å²) in [5.74, 6) is -4.74. The van der Waals surface area contributed by atoms with Crippen LogP contribution in [0.4, 0.5) is 32.6 Å². The van der Waals surface area contributed by atoms with Gasteiger partial charge in [-0.3, -0.25) is 9.69 Å². The number of methoxy groups -OCH3 is 2. The highest BCUT2D eigenvalue weighted by atomic mass is 19.4. The normalized spacial score (nSPS) is 22.5. The topological polar surface area (TPSA) is 92.8 Å². The molecule has 2 N–H and O–H groups in total. The maximum Gasteiger partial charge on any atom is 0.419 e. The molecule has 1 aromatic heterocycles. The Kier molecular flexibility index (Phi) is 8.41. The summed E-state index contributed by atoms with van der Waals surface area (Å²) < 4.78 is 83.1. The summed E-state index contributed by atoms with van der Waals surface area (Å²) in [4.78, 5) is 32.0. The molecule has 5 rings (SSSR count). The van der Waals surface area contributed by atoms with Gasteiger partial charge in [-0.25, -0.2) is 18.6 Å². The number of carbonyl (C=O) groups excluding carboxylic acids is 2. The third-order valence-corrected chi connectivity index (χ3v) is 8.90. The first kappa shape index (κ1) is 32.0. The highest BCUT2D eigenvalue weighted by Crippen LogP contribution is 2.44. The van der Waals surface area contributed by atoms with E-state index in [-0.39, 0.29) is 5.75 Å². The Bertz CT molecular complexity index is 1610. The number of pyridine rings is 1. The molecule has 2 heterocycles. The Morgan fingerprint density at radius 2 is 1.69 bits per heavy atom. The van der Waals surface area contributed by atoms with Gasteiger partial charge in [0.15, 0.2) is 0 Å². The number of ether oxygens (including phenoxy) is 2. The molecule has 2 unspecified atom stereocenters. The molecule has 0 bridgehead atoms. The van der Waals surface area contributed by atoms with Crippen LogP contribution in [-0.4, -0.2) is 49.3 Å². The molecule has 8 nitrogen and oxygen atoms in total. The van der Waals surface area contributed by atoms with Crippen LogP contribution in [0.1, 0.15) is 55.4 Å². The number of hydrogen-bond acceptors (Lipinski definition) is 5. The summed E-state index contributed by atoms with van der Waals surface area (Å²) >= 11 is 0. The number of aryl methyl sites for hydroxylation is 1. The molecule has 0 spiro atoms. The van der Waals surface area contributed by atoms with E-state index in [0.717, 1.165) is 46.5 Å². The average molecular weight is 633 g/mol. The molecule has 1 saturated heterocycles. The SMILES string of the molecule is COc1cc(F)c([C@H]2C(NC(=O)NC3CCc4cc(OC)ccc4C3(C)C)C(=O)N(c3ncccc3C(F)(F)F)[C@H]2C)c(F)c1. The smallest absolute Gasteiger partial charge is 0.419 e. The second kappa shape index (κ2) is 11.8. The molecular formula is C32H33F5N4O4. The van der Waals surface area contributed by atoms with Crippen molar-refractivity contribution in [1.29, 1.82) is 0 Å². The van der Waals surface area contributed by atoms with Gasteiger partial charge in [0, 0.05) is 47.3 Å². The second-order valence-corrected chi connectivity index (χ2v) is 11.8. The highest BCUT2D eigenvalue weighted by Gasteiger charge is 2.52. The first-order valence-corrected chi connectivity index (χ1v) is 14.3. The van der Waals surface area contributed by atoms with Crippen LogP contribution in [0.3, 0.4) is 0 Å². The Hall–Kier alpha value is -4.42. The van der Waals surface area contributed by atoms with E-state index in [1.807, 2.05) is 32.0 Å². The third kappa shape index (κ3) is 5.75. The number of urea groups is 1. The summed E-state index contributed by atoms with van der Waals surface area (Å²) in [6.45, 7) is 5.27. The summed E-state index contributed by atoms with van der Waals surface area (Å²) in [6, 6.07) is 5.24. The zero-order valence-electron chi connectivity index (χ0n) is 25.3. The van der Waals surface area contributed by atoms with Crippen molar-refractivity contribution in [2.24, 2.45) is 0 Å². The number of nitrogens with one attached hydrogen (secondary N) is 2. The molecule has 13 heteroatoms. The molecule has 240 valence electrons. The minimum absolute atomic E-state index is 0.133. The fourth-order valence-electron chi connectivity index (χ4n) is 6.58. The van der Waals surface area contributed by atoms with Crippen LogP contribution >= 0.6 is 0 Å². The Labute approximate surface area is 256 Å². The van der Waals surface area contributed by atoms with Gasteiger partial charge in [-0.2, -0.15) is 13.2 Å². The number of rotatable bonds is 6. The van der Waals surface area contributed by atoms with Crippen LogP contribution < -0.4 is 25.0 Å². The fourth-order valence-corrected chi connectivity index (χ4v) is 6.58. The lowest BCUT2D eigenvalue weighted by Crippen LogP contribution is -2.56. The predicted octanol–water partition coefficient (Wildman–Crippen LogP) is 5.88. The average Bonchev–Trinajstić information content (AvgIpc) is 3.21. The molecule has 0 radical (unpaired) electrons. The van der Waals surface area contributed by atoms with Crippen molar-refractivity contribution in [1.82, 2.24) is 15.6 Å². The number of fused-ring (bicyclic) bond motifs is 1. The lowest BCUT2D eigenvalue weighted by molar-refractivity contribution is -0.137. The summed E-state index contributed by atoms with van der Waals surface area (Å²) in [7, 11) is 2.79. The fraction of sp³-hybridized carbons (Fsp3) is 0.406. The van der Waals surface area contributed by atoms with E-state index in [1.165, 1.54) is 14.0 Å². The van der Waals surface area contributed by atoms with Crippen LogP contribution in [0.15, 0.2) is 48.7 Å². The van der Waals surface area contributed by atoms with Crippen molar-refractivity contribution in [3.05, 3.63) is 82.5 Å². The van der Waals surface area contributed by atoms with E-state index in [1.54, 1.807) is 7.11 Å². The van der Waals surface area contributed by atoms with Crippen molar-refractivity contribution in [2.75, 3.05) is 19.1 Å². The van der Waals surface area contributed by atoms with Crippen molar-refractivity contribution in [3.63, 3.8) is 0 Å². The van der Waals surface area contributed by atoms with Crippen molar-refractivity contribution >= 4 is 17.8 Å². The van der Waals surface area contributed by atoms with E-state index in [4.69, 9.17) is 9.47 Å². The zero-order valence-corrected chi connectivity index (χ0v) is 25.3. The molecule has 3 amide bonds. The van der Waals surface area contributed by atoms with Crippen molar-refractivity contribution in [3.8, 4) is 11.5 Å². The molecule has 1 aliphatic carbocycles. The molecule has 1 aliphatic heterocycles. The van der Waals surface area contributed by atoms with Gasteiger partial charge in [0.1, 0.15) is 35.0 Å². The molecule has 2 aliphatic rings. The van der Waals surface area contributed by atoms with Crippen molar-refractivity contribution in [2.45, 2.75) is 69.2 Å². The number of amides is 3. The molecule has 45 heavy (non-hydrogen) atoms. The van der Waals surface area contributed by atoms with E-state index < -0.39 is 76.2 Å². The Balaban J connectivity index is 1.50. The van der Waals surface area contributed by atoms with Gasteiger partial charge >= 0.3 is 12.2 Å². The van der Waals surface area contributed by atoms with Crippen LogP contribution in [0.25, 0.3) is 0 Å². The number of nitrogens with zero attached hydrogens (tertiary/aromatic N) is 2. The van der Waals surface area contributed by atoms with Crippen LogP contribution in [0.2, 0.25) is 0 Å². The van der Waals surface area contributed by atoms with Crippen LogP contribution in [0.5, 0.6) is 11.5 Å². The van der Waals surface area contributed by atoms with Gasteiger partial charge in [-0.05, 0) is 55.2 Å². The van der Waals surface area contributed by atoms with Crippen molar-refractivity contribution < 1.29 is 41.0 Å². The molecule has 3 aromatic rings. The standard InChI is InChI=1S/C32H33F5N4O4/c1-16-25(26-22(33)14-19(45-5)15-23(26)34)27(29(42)41(16)28-21(32(35,36)37)7-6-12-38-28)40-30(43)39-24-11-8-17-13-18(44-4)9-10-20(17)31(24,2)3/h6-7,9-10,12-16,24-25,27H,8,11H2,1-5H3,(H2,39,40,43)/t16-,24?,25-,27?/m0/s1. The zero-order chi connectivity index (χ0) is 32.8. The second-order valence-electron chi connectivity index (χ2n) is 11.8. The molecular weight excluding hydrogens is 599 g/mol. The molecule has 1 fully saturated rings. The lowest BCUT2D eigenvalue weighted by Gasteiger charge is -2.41. The van der Waals surface area contributed by atoms with Gasteiger partial charge in [0.05, 0.1) is 19.8 Å². The summed E-state index contributed by atoms with van der Waals surface area (Å²) in [5.41, 5.74) is -0.278. The minimum atomic E-state index is -4.88. The lowest BCUT2D eigenvalue weighted by atomic mass is 9.69. The highest BCUT2D eigenvalue weighted by molar-refractivity contribution is 6.03. The number of anilines is 1. The number of benzene rings is 2. The maximum atomic E-state index is 15.4. The maximum absolute atomic E-state index is 15.4. The van der Waals surface area contributed by atoms with Gasteiger partial charge < -0.3 is 20.1 Å². The Morgan fingerprint density at radius 1 is 1.02 bits per heavy atom. The number of hydrogen-bond donors (Lipinski definition) is 2. The molecule has 2 aromatic carbocycles. The predicted molar refractivity (Wildman–Crippen MR) is 155 cm³/mol. The van der Waals surface area contributed by atoms with Gasteiger partial charge in [0.25, 0.3) is 5.91 Å². The van der Waals surface area contributed by atoms with E-state index in [2.05, 4.69) is 15.6 Å². The monoisotopic (exact) mass is 632 g/mol. The summed E-state index contributed by atoms with van der Waals surface area (Å²) in [6.07, 6.45) is -2.64. The van der Waals surface area contributed by atoms with E-state index in [0.29, 0.717) is 18.6 Å². The first-order valence-electron chi connectivity index (χ1n) is 14.3. The van der Waals surface area contributed by atoms with Crippen LogP contribution in [0, 0.1) is 11.6 Å². The molecule has 4 atom stereocenters. The number of halogens is 5. The summed E-state index contributed by atoms with van der Waals surface area (Å²) in [5, 5.41) is 5.44. The largest absolute Gasteiger partial charge is 0.497 e. The number of aromatic nitrogens is 1.